The molecule has 84 valence electrons. The summed E-state index contributed by atoms with van der Waals surface area (Å²) >= 11 is 0. The van der Waals surface area contributed by atoms with E-state index >= 15 is 0 Å². The minimum Gasteiger partial charge on any atom is -0.375 e. The standard InChI is InChI=1S/C11H17FN2O/c1-2-3-13-4-5-15-9-10-6-11(12)8-14-7-10/h6-8,13H,2-5,9H2,1H3. The minimum absolute atomic E-state index is 0.319. The van der Waals surface area contributed by atoms with Crippen molar-refractivity contribution in [3.63, 3.8) is 0 Å². The van der Waals surface area contributed by atoms with Crippen LogP contribution < -0.4 is 5.32 Å². The van der Waals surface area contributed by atoms with E-state index in [1.807, 2.05) is 0 Å². The molecule has 0 spiro atoms. The van der Waals surface area contributed by atoms with Gasteiger partial charge in [-0.05, 0) is 24.6 Å². The third-order valence-electron chi connectivity index (χ3n) is 1.88. The molecule has 0 fully saturated rings. The molecule has 0 aliphatic rings. The molecule has 15 heavy (non-hydrogen) atoms. The Morgan fingerprint density at radius 1 is 1.40 bits per heavy atom. The minimum atomic E-state index is -0.319. The lowest BCUT2D eigenvalue weighted by atomic mass is 10.3. The van der Waals surface area contributed by atoms with Crippen LogP contribution in [0.5, 0.6) is 0 Å². The second kappa shape index (κ2) is 7.31. The first-order chi connectivity index (χ1) is 7.33. The summed E-state index contributed by atoms with van der Waals surface area (Å²) < 4.78 is 18.1. The predicted molar refractivity (Wildman–Crippen MR) is 57.0 cm³/mol. The Morgan fingerprint density at radius 3 is 3.00 bits per heavy atom. The highest BCUT2D eigenvalue weighted by Crippen LogP contribution is 2.01. The molecule has 0 unspecified atom stereocenters. The second-order valence-corrected chi connectivity index (χ2v) is 3.31. The van der Waals surface area contributed by atoms with Crippen LogP contribution in [0.25, 0.3) is 0 Å². The van der Waals surface area contributed by atoms with E-state index in [9.17, 15) is 4.39 Å². The summed E-state index contributed by atoms with van der Waals surface area (Å²) in [7, 11) is 0. The van der Waals surface area contributed by atoms with Crippen molar-refractivity contribution in [1.82, 2.24) is 10.3 Å². The summed E-state index contributed by atoms with van der Waals surface area (Å²) in [4.78, 5) is 3.74. The Labute approximate surface area is 89.7 Å². The van der Waals surface area contributed by atoms with Gasteiger partial charge in [-0.3, -0.25) is 4.98 Å². The van der Waals surface area contributed by atoms with Gasteiger partial charge in [0.1, 0.15) is 5.82 Å². The largest absolute Gasteiger partial charge is 0.375 e. The maximum atomic E-state index is 12.7. The molecule has 0 aromatic carbocycles. The van der Waals surface area contributed by atoms with Gasteiger partial charge >= 0.3 is 0 Å². The molecule has 1 N–H and O–H groups in total. The molecule has 0 aliphatic carbocycles. The number of aromatic nitrogens is 1. The number of rotatable bonds is 7. The van der Waals surface area contributed by atoms with Gasteiger partial charge < -0.3 is 10.1 Å². The molecule has 0 aliphatic heterocycles. The first-order valence-electron chi connectivity index (χ1n) is 5.21. The zero-order chi connectivity index (χ0) is 10.9. The van der Waals surface area contributed by atoms with Crippen molar-refractivity contribution >= 4 is 0 Å². The van der Waals surface area contributed by atoms with Gasteiger partial charge in [-0.1, -0.05) is 6.92 Å². The Morgan fingerprint density at radius 2 is 2.27 bits per heavy atom. The fourth-order valence-corrected chi connectivity index (χ4v) is 1.17. The van der Waals surface area contributed by atoms with E-state index in [0.717, 1.165) is 25.1 Å². The molecular formula is C11H17FN2O. The number of halogens is 1. The lowest BCUT2D eigenvalue weighted by molar-refractivity contribution is 0.122. The number of ether oxygens (including phenoxy) is 1. The Hall–Kier alpha value is -1.00. The van der Waals surface area contributed by atoms with Crippen LogP contribution >= 0.6 is 0 Å². The van der Waals surface area contributed by atoms with Gasteiger partial charge in [-0.25, -0.2) is 4.39 Å². The van der Waals surface area contributed by atoms with E-state index in [1.165, 1.54) is 12.3 Å². The predicted octanol–water partition coefficient (Wildman–Crippen LogP) is 1.74. The Balaban J connectivity index is 2.10. The first kappa shape index (κ1) is 12.1. The van der Waals surface area contributed by atoms with Gasteiger partial charge in [0.15, 0.2) is 0 Å². The fraction of sp³-hybridized carbons (Fsp3) is 0.545. The zero-order valence-electron chi connectivity index (χ0n) is 9.00. The average molecular weight is 212 g/mol. The quantitative estimate of drug-likeness (QED) is 0.699. The SMILES string of the molecule is CCCNCCOCc1cncc(F)c1. The normalized spacial score (nSPS) is 10.5. The summed E-state index contributed by atoms with van der Waals surface area (Å²) in [6, 6.07) is 1.44. The van der Waals surface area contributed by atoms with Crippen molar-refractivity contribution in [3.8, 4) is 0 Å². The summed E-state index contributed by atoms with van der Waals surface area (Å²) in [5.74, 6) is -0.319. The molecule has 1 aromatic rings. The van der Waals surface area contributed by atoms with E-state index in [0.29, 0.717) is 13.2 Å². The van der Waals surface area contributed by atoms with Gasteiger partial charge in [0, 0.05) is 12.7 Å². The van der Waals surface area contributed by atoms with Crippen LogP contribution in [-0.4, -0.2) is 24.7 Å². The van der Waals surface area contributed by atoms with Crippen LogP contribution in [0.15, 0.2) is 18.5 Å². The molecule has 4 heteroatoms. The molecule has 0 saturated heterocycles. The molecule has 0 radical (unpaired) electrons. The van der Waals surface area contributed by atoms with E-state index in [2.05, 4.69) is 17.2 Å². The smallest absolute Gasteiger partial charge is 0.141 e. The fourth-order valence-electron chi connectivity index (χ4n) is 1.17. The van der Waals surface area contributed by atoms with E-state index < -0.39 is 0 Å². The molecule has 0 amide bonds. The molecule has 3 nitrogen and oxygen atoms in total. The van der Waals surface area contributed by atoms with Crippen LogP contribution in [0, 0.1) is 5.82 Å². The van der Waals surface area contributed by atoms with E-state index in [4.69, 9.17) is 4.74 Å². The number of hydrogen-bond acceptors (Lipinski definition) is 3. The third-order valence-corrected chi connectivity index (χ3v) is 1.88. The second-order valence-electron chi connectivity index (χ2n) is 3.31. The lowest BCUT2D eigenvalue weighted by Crippen LogP contribution is -2.20. The molecule has 0 saturated carbocycles. The highest BCUT2D eigenvalue weighted by molar-refractivity contribution is 5.08. The highest BCUT2D eigenvalue weighted by Gasteiger charge is 1.95. The highest BCUT2D eigenvalue weighted by atomic mass is 19.1. The van der Waals surface area contributed by atoms with Crippen LogP contribution in [0.1, 0.15) is 18.9 Å². The monoisotopic (exact) mass is 212 g/mol. The summed E-state index contributed by atoms with van der Waals surface area (Å²) in [5, 5.41) is 3.22. The Bertz CT molecular complexity index is 281. The van der Waals surface area contributed by atoms with Gasteiger partial charge in [-0.2, -0.15) is 0 Å². The van der Waals surface area contributed by atoms with Crippen LogP contribution in [0.2, 0.25) is 0 Å². The number of hydrogen-bond donors (Lipinski definition) is 1. The topological polar surface area (TPSA) is 34.1 Å². The molecular weight excluding hydrogens is 195 g/mol. The maximum Gasteiger partial charge on any atom is 0.141 e. The van der Waals surface area contributed by atoms with Crippen molar-refractivity contribution in [2.45, 2.75) is 20.0 Å². The van der Waals surface area contributed by atoms with E-state index in [-0.39, 0.29) is 5.82 Å². The van der Waals surface area contributed by atoms with Gasteiger partial charge in [0.2, 0.25) is 0 Å². The van der Waals surface area contributed by atoms with E-state index in [1.54, 1.807) is 6.20 Å². The Kier molecular flexibility index (Phi) is 5.88. The first-order valence-corrected chi connectivity index (χ1v) is 5.21. The van der Waals surface area contributed by atoms with Crippen LogP contribution in [0.3, 0.4) is 0 Å². The molecule has 1 rings (SSSR count). The number of nitrogens with one attached hydrogen (secondary N) is 1. The van der Waals surface area contributed by atoms with Crippen molar-refractivity contribution in [3.05, 3.63) is 29.8 Å². The third kappa shape index (κ3) is 5.44. The summed E-state index contributed by atoms with van der Waals surface area (Å²) in [6.07, 6.45) is 3.92. The molecule has 0 atom stereocenters. The maximum absolute atomic E-state index is 12.7. The summed E-state index contributed by atoms with van der Waals surface area (Å²) in [5.41, 5.74) is 0.769. The van der Waals surface area contributed by atoms with Crippen LogP contribution in [0.4, 0.5) is 4.39 Å². The van der Waals surface area contributed by atoms with Gasteiger partial charge in [0.25, 0.3) is 0 Å². The lowest BCUT2D eigenvalue weighted by Gasteiger charge is -2.05. The molecule has 1 heterocycles. The van der Waals surface area contributed by atoms with Gasteiger partial charge in [0.05, 0.1) is 19.4 Å². The van der Waals surface area contributed by atoms with Crippen molar-refractivity contribution in [1.29, 1.82) is 0 Å². The van der Waals surface area contributed by atoms with Crippen LogP contribution in [-0.2, 0) is 11.3 Å². The molecule has 0 bridgehead atoms. The van der Waals surface area contributed by atoms with Gasteiger partial charge in [-0.15, -0.1) is 0 Å². The van der Waals surface area contributed by atoms with Crippen molar-refractivity contribution in [2.75, 3.05) is 19.7 Å². The number of pyridine rings is 1. The molecule has 1 aromatic heterocycles. The summed E-state index contributed by atoms with van der Waals surface area (Å²) in [6.45, 7) is 5.00. The van der Waals surface area contributed by atoms with Crippen molar-refractivity contribution < 1.29 is 9.13 Å². The number of nitrogens with zero attached hydrogens (tertiary/aromatic N) is 1. The zero-order valence-corrected chi connectivity index (χ0v) is 9.00. The average Bonchev–Trinajstić information content (AvgIpc) is 2.23. The van der Waals surface area contributed by atoms with Crippen molar-refractivity contribution in [2.24, 2.45) is 0 Å².